The van der Waals surface area contributed by atoms with E-state index in [2.05, 4.69) is 10.0 Å². The van der Waals surface area contributed by atoms with Gasteiger partial charge in [-0.3, -0.25) is 4.72 Å². The molecule has 0 fully saturated rings. The van der Waals surface area contributed by atoms with Crippen molar-refractivity contribution in [2.75, 3.05) is 30.7 Å². The molecule has 0 bridgehead atoms. The molecule has 0 radical (unpaired) electrons. The summed E-state index contributed by atoms with van der Waals surface area (Å²) in [6, 6.07) is 3.68. The van der Waals surface area contributed by atoms with Crippen molar-refractivity contribution in [2.45, 2.75) is 19.8 Å². The van der Waals surface area contributed by atoms with E-state index < -0.39 is 15.8 Å². The highest BCUT2D eigenvalue weighted by Crippen LogP contribution is 2.26. The molecular weight excluding hydrogens is 283 g/mol. The van der Waals surface area contributed by atoms with E-state index in [9.17, 15) is 12.8 Å². The number of unbranched alkanes of at least 4 members (excludes halogenated alkanes) is 1. The Bertz CT molecular complexity index is 520. The zero-order chi connectivity index (χ0) is 15.0. The zero-order valence-corrected chi connectivity index (χ0v) is 12.6. The van der Waals surface area contributed by atoms with Gasteiger partial charge in [0.1, 0.15) is 11.6 Å². The van der Waals surface area contributed by atoms with Crippen molar-refractivity contribution in [1.82, 2.24) is 5.32 Å². The summed E-state index contributed by atoms with van der Waals surface area (Å²) in [5.41, 5.74) is 0.251. The van der Waals surface area contributed by atoms with Gasteiger partial charge in [0.15, 0.2) is 0 Å². The normalized spacial score (nSPS) is 11.3. The highest BCUT2D eigenvalue weighted by Gasteiger charge is 2.13. The van der Waals surface area contributed by atoms with Crippen LogP contribution in [-0.4, -0.2) is 34.4 Å². The van der Waals surface area contributed by atoms with Gasteiger partial charge in [0.25, 0.3) is 0 Å². The van der Waals surface area contributed by atoms with E-state index in [4.69, 9.17) is 4.74 Å². The van der Waals surface area contributed by atoms with Crippen molar-refractivity contribution in [3.63, 3.8) is 0 Å². The number of benzene rings is 1. The molecule has 0 aliphatic carbocycles. The standard InChI is InChI=1S/C13H21FN2O3S/c1-3-15-8-4-5-9-20(17,18)16-12-7-6-11(14)10-13(12)19-2/h6-7,10,15-16H,3-5,8-9H2,1-2H3. The van der Waals surface area contributed by atoms with Gasteiger partial charge in [-0.2, -0.15) is 0 Å². The van der Waals surface area contributed by atoms with Gasteiger partial charge in [0, 0.05) is 6.07 Å². The van der Waals surface area contributed by atoms with Gasteiger partial charge < -0.3 is 10.1 Å². The SMILES string of the molecule is CCNCCCCS(=O)(=O)Nc1ccc(F)cc1OC. The van der Waals surface area contributed by atoms with Crippen LogP contribution in [0.2, 0.25) is 0 Å². The number of halogens is 1. The molecule has 7 heteroatoms. The minimum Gasteiger partial charge on any atom is -0.494 e. The van der Waals surface area contributed by atoms with Crippen LogP contribution >= 0.6 is 0 Å². The number of sulfonamides is 1. The third-order valence-corrected chi connectivity index (χ3v) is 4.05. The van der Waals surface area contributed by atoms with Crippen molar-refractivity contribution in [3.8, 4) is 5.75 Å². The van der Waals surface area contributed by atoms with E-state index in [0.717, 1.165) is 25.6 Å². The predicted molar refractivity (Wildman–Crippen MR) is 78.1 cm³/mol. The molecule has 0 aliphatic rings. The van der Waals surface area contributed by atoms with Crippen molar-refractivity contribution >= 4 is 15.7 Å². The van der Waals surface area contributed by atoms with Gasteiger partial charge in [0.2, 0.25) is 10.0 Å². The average molecular weight is 304 g/mol. The number of nitrogens with one attached hydrogen (secondary N) is 2. The van der Waals surface area contributed by atoms with Crippen LogP contribution in [0.3, 0.4) is 0 Å². The lowest BCUT2D eigenvalue weighted by Gasteiger charge is -2.11. The molecule has 1 aromatic rings. The van der Waals surface area contributed by atoms with Gasteiger partial charge >= 0.3 is 0 Å². The molecule has 0 atom stereocenters. The quantitative estimate of drug-likeness (QED) is 0.684. The minimum absolute atomic E-state index is 0.0267. The lowest BCUT2D eigenvalue weighted by atomic mass is 10.3. The summed E-state index contributed by atoms with van der Waals surface area (Å²) in [5, 5.41) is 3.13. The van der Waals surface area contributed by atoms with Gasteiger partial charge in [-0.05, 0) is 38.1 Å². The maximum atomic E-state index is 13.0. The van der Waals surface area contributed by atoms with Gasteiger partial charge in [-0.15, -0.1) is 0 Å². The molecule has 1 aromatic carbocycles. The summed E-state index contributed by atoms with van der Waals surface area (Å²) in [6.07, 6.45) is 1.35. The second-order valence-corrected chi connectivity index (χ2v) is 6.17. The van der Waals surface area contributed by atoms with Crippen LogP contribution in [0, 0.1) is 5.82 Å². The molecule has 1 rings (SSSR count). The molecule has 5 nitrogen and oxygen atoms in total. The third kappa shape index (κ3) is 5.75. The Hall–Kier alpha value is -1.34. The topological polar surface area (TPSA) is 67.4 Å². The maximum Gasteiger partial charge on any atom is 0.232 e. The fourth-order valence-corrected chi connectivity index (χ4v) is 2.88. The number of rotatable bonds is 9. The van der Waals surface area contributed by atoms with Crippen molar-refractivity contribution in [2.24, 2.45) is 0 Å². The first-order valence-electron chi connectivity index (χ1n) is 6.53. The molecule has 0 amide bonds. The number of anilines is 1. The molecule has 0 saturated carbocycles. The Morgan fingerprint density at radius 3 is 2.70 bits per heavy atom. The molecule has 0 aliphatic heterocycles. The second kappa shape index (κ2) is 8.06. The number of ether oxygens (including phenoxy) is 1. The zero-order valence-electron chi connectivity index (χ0n) is 11.8. The third-order valence-electron chi connectivity index (χ3n) is 2.70. The largest absolute Gasteiger partial charge is 0.494 e. The Morgan fingerprint density at radius 1 is 1.30 bits per heavy atom. The number of hydrogen-bond donors (Lipinski definition) is 2. The first-order valence-corrected chi connectivity index (χ1v) is 8.18. The summed E-state index contributed by atoms with van der Waals surface area (Å²) >= 11 is 0. The van der Waals surface area contributed by atoms with E-state index in [-0.39, 0.29) is 17.2 Å². The number of hydrogen-bond acceptors (Lipinski definition) is 4. The van der Waals surface area contributed by atoms with E-state index in [1.54, 1.807) is 0 Å². The number of methoxy groups -OCH3 is 1. The van der Waals surface area contributed by atoms with Crippen molar-refractivity contribution in [3.05, 3.63) is 24.0 Å². The van der Waals surface area contributed by atoms with Crippen LogP contribution in [0.1, 0.15) is 19.8 Å². The Morgan fingerprint density at radius 2 is 2.05 bits per heavy atom. The van der Waals surface area contributed by atoms with Crippen LogP contribution in [0.15, 0.2) is 18.2 Å². The van der Waals surface area contributed by atoms with Crippen molar-refractivity contribution in [1.29, 1.82) is 0 Å². The van der Waals surface area contributed by atoms with Crippen LogP contribution in [0.4, 0.5) is 10.1 Å². The Kier molecular flexibility index (Phi) is 6.74. The van der Waals surface area contributed by atoms with Gasteiger partial charge in [0.05, 0.1) is 18.6 Å². The minimum atomic E-state index is -3.45. The Labute approximate surface area is 119 Å². The molecule has 0 heterocycles. The van der Waals surface area contributed by atoms with Crippen LogP contribution in [-0.2, 0) is 10.0 Å². The molecule has 0 unspecified atom stereocenters. The van der Waals surface area contributed by atoms with Crippen LogP contribution in [0.5, 0.6) is 5.75 Å². The second-order valence-electron chi connectivity index (χ2n) is 4.33. The van der Waals surface area contributed by atoms with E-state index in [0.29, 0.717) is 6.42 Å². The Balaban J connectivity index is 2.58. The summed E-state index contributed by atoms with van der Waals surface area (Å²) in [4.78, 5) is 0. The first-order chi connectivity index (χ1) is 9.48. The first kappa shape index (κ1) is 16.7. The summed E-state index contributed by atoms with van der Waals surface area (Å²) in [7, 11) is -2.08. The fraction of sp³-hybridized carbons (Fsp3) is 0.538. The van der Waals surface area contributed by atoms with E-state index >= 15 is 0 Å². The summed E-state index contributed by atoms with van der Waals surface area (Å²) in [5.74, 6) is -0.282. The molecular formula is C13H21FN2O3S. The summed E-state index contributed by atoms with van der Waals surface area (Å²) < 4.78 is 44.2. The van der Waals surface area contributed by atoms with Crippen LogP contribution < -0.4 is 14.8 Å². The average Bonchev–Trinajstić information content (AvgIpc) is 2.40. The van der Waals surface area contributed by atoms with Crippen molar-refractivity contribution < 1.29 is 17.5 Å². The maximum absolute atomic E-state index is 13.0. The van der Waals surface area contributed by atoms with Gasteiger partial charge in [-0.1, -0.05) is 6.92 Å². The molecule has 2 N–H and O–H groups in total. The van der Waals surface area contributed by atoms with Crippen LogP contribution in [0.25, 0.3) is 0 Å². The monoisotopic (exact) mass is 304 g/mol. The van der Waals surface area contributed by atoms with Gasteiger partial charge in [-0.25, -0.2) is 12.8 Å². The lowest BCUT2D eigenvalue weighted by molar-refractivity contribution is 0.413. The highest BCUT2D eigenvalue weighted by molar-refractivity contribution is 7.92. The smallest absolute Gasteiger partial charge is 0.232 e. The summed E-state index contributed by atoms with van der Waals surface area (Å²) in [6.45, 7) is 3.67. The molecule has 0 saturated heterocycles. The molecule has 20 heavy (non-hydrogen) atoms. The molecule has 0 spiro atoms. The fourth-order valence-electron chi connectivity index (χ4n) is 1.69. The van der Waals surface area contributed by atoms with E-state index in [1.807, 2.05) is 6.92 Å². The van der Waals surface area contributed by atoms with E-state index in [1.165, 1.54) is 19.2 Å². The predicted octanol–water partition coefficient (Wildman–Crippen LogP) is 1.97. The molecule has 0 aromatic heterocycles. The lowest BCUT2D eigenvalue weighted by Crippen LogP contribution is -2.19. The molecule has 114 valence electrons. The highest BCUT2D eigenvalue weighted by atomic mass is 32.2.